The molecule has 1 atom stereocenters. The number of aliphatic hydroxyl groups is 2. The van der Waals surface area contributed by atoms with Gasteiger partial charge in [0.2, 0.25) is 5.82 Å². The molecule has 0 spiro atoms. The van der Waals surface area contributed by atoms with Crippen molar-refractivity contribution in [1.29, 1.82) is 0 Å². The highest BCUT2D eigenvalue weighted by molar-refractivity contribution is 6.33. The van der Waals surface area contributed by atoms with Gasteiger partial charge < -0.3 is 20.3 Å². The zero-order chi connectivity index (χ0) is 26.4. The van der Waals surface area contributed by atoms with Crippen LogP contribution in [0.2, 0.25) is 5.02 Å². The Morgan fingerprint density at radius 1 is 1.16 bits per heavy atom. The molecule has 192 valence electrons. The number of H-pyrrole nitrogens is 1. The summed E-state index contributed by atoms with van der Waals surface area (Å²) in [6.45, 7) is 3.99. The molecule has 4 aromatic rings. The molecule has 0 aliphatic heterocycles. The van der Waals surface area contributed by atoms with Crippen LogP contribution >= 0.6 is 11.6 Å². The smallest absolute Gasteiger partial charge is 0.296 e. The summed E-state index contributed by atoms with van der Waals surface area (Å²) in [4.78, 5) is 21.1. The van der Waals surface area contributed by atoms with Crippen molar-refractivity contribution in [2.24, 2.45) is 0 Å². The highest BCUT2D eigenvalue weighted by atomic mass is 35.5. The number of nitrogens with one attached hydrogen (secondary N) is 2. The summed E-state index contributed by atoms with van der Waals surface area (Å²) >= 11 is 6.44. The number of benzene rings is 2. The number of aliphatic hydroxyl groups excluding tert-OH is 1. The normalized spacial score (nSPS) is 12.2. The second-order valence-electron chi connectivity index (χ2n) is 9.15. The molecule has 1 amide bonds. The molecule has 0 unspecified atom stereocenters. The predicted octanol–water partition coefficient (Wildman–Crippen LogP) is 4.78. The number of aromatic amines is 1. The maximum atomic E-state index is 12.7. The van der Waals surface area contributed by atoms with E-state index in [0.717, 1.165) is 5.56 Å². The number of carbonyl (C=O) groups is 1. The van der Waals surface area contributed by atoms with E-state index in [0.29, 0.717) is 41.3 Å². The lowest BCUT2D eigenvalue weighted by Gasteiger charge is -2.17. The fourth-order valence-corrected chi connectivity index (χ4v) is 3.87. The third-order valence-electron chi connectivity index (χ3n) is 5.53. The van der Waals surface area contributed by atoms with Crippen molar-refractivity contribution in [3.63, 3.8) is 0 Å². The number of pyridine rings is 1. The zero-order valence-electron chi connectivity index (χ0n) is 20.5. The Kier molecular flexibility index (Phi) is 8.17. The van der Waals surface area contributed by atoms with Gasteiger partial charge in [0.05, 0.1) is 12.2 Å². The van der Waals surface area contributed by atoms with Crippen molar-refractivity contribution >= 4 is 23.3 Å². The molecule has 0 saturated heterocycles. The Balaban J connectivity index is 1.44. The molecular formula is C27H28ClN5O4. The van der Waals surface area contributed by atoms with Gasteiger partial charge in [0.15, 0.2) is 5.82 Å². The second kappa shape index (κ2) is 11.5. The monoisotopic (exact) mass is 521 g/mol. The lowest BCUT2D eigenvalue weighted by molar-refractivity contribution is 0.0641. The highest BCUT2D eigenvalue weighted by Gasteiger charge is 2.19. The van der Waals surface area contributed by atoms with Crippen LogP contribution in [-0.2, 0) is 0 Å². The molecule has 9 nitrogen and oxygen atoms in total. The van der Waals surface area contributed by atoms with Gasteiger partial charge in [-0.05, 0) is 68.1 Å². The van der Waals surface area contributed by atoms with Gasteiger partial charge in [0.25, 0.3) is 5.91 Å². The van der Waals surface area contributed by atoms with E-state index in [-0.39, 0.29) is 17.5 Å². The second-order valence-corrected chi connectivity index (χ2v) is 9.55. The van der Waals surface area contributed by atoms with Gasteiger partial charge in [0.1, 0.15) is 17.7 Å². The molecule has 0 aliphatic carbocycles. The van der Waals surface area contributed by atoms with Gasteiger partial charge in [-0.15, -0.1) is 5.10 Å². The molecule has 4 N–H and O–H groups in total. The van der Waals surface area contributed by atoms with Gasteiger partial charge in [0, 0.05) is 16.8 Å². The lowest BCUT2D eigenvalue weighted by Crippen LogP contribution is -2.19. The maximum Gasteiger partial charge on any atom is 0.296 e. The molecular weight excluding hydrogens is 494 g/mol. The van der Waals surface area contributed by atoms with E-state index in [1.54, 1.807) is 68.6 Å². The molecule has 2 heterocycles. The third-order valence-corrected chi connectivity index (χ3v) is 5.86. The molecule has 10 heteroatoms. The van der Waals surface area contributed by atoms with E-state index >= 15 is 0 Å². The summed E-state index contributed by atoms with van der Waals surface area (Å²) in [6.07, 6.45) is 1.85. The largest absolute Gasteiger partial charge is 0.494 e. The van der Waals surface area contributed by atoms with E-state index in [1.165, 1.54) is 0 Å². The Morgan fingerprint density at radius 3 is 2.70 bits per heavy atom. The number of halogens is 1. The van der Waals surface area contributed by atoms with E-state index in [1.807, 2.05) is 12.1 Å². The van der Waals surface area contributed by atoms with Crippen molar-refractivity contribution in [1.82, 2.24) is 20.2 Å². The number of aromatic nitrogens is 4. The molecule has 0 saturated carbocycles. The summed E-state index contributed by atoms with van der Waals surface area (Å²) in [7, 11) is 0. The number of hydrogen-bond donors (Lipinski definition) is 4. The quantitative estimate of drug-likeness (QED) is 0.221. The Morgan fingerprint density at radius 2 is 1.95 bits per heavy atom. The summed E-state index contributed by atoms with van der Waals surface area (Å²) in [5.74, 6) is 0.371. The van der Waals surface area contributed by atoms with Crippen LogP contribution in [0.5, 0.6) is 5.75 Å². The predicted molar refractivity (Wildman–Crippen MR) is 141 cm³/mol. The van der Waals surface area contributed by atoms with Crippen LogP contribution in [0.4, 0.5) is 5.82 Å². The number of hydrogen-bond acceptors (Lipinski definition) is 7. The van der Waals surface area contributed by atoms with Gasteiger partial charge in [-0.3, -0.25) is 9.89 Å². The number of rotatable bonds is 10. The van der Waals surface area contributed by atoms with Gasteiger partial charge in [-0.25, -0.2) is 9.97 Å². The van der Waals surface area contributed by atoms with Crippen LogP contribution in [0.3, 0.4) is 0 Å². The summed E-state index contributed by atoms with van der Waals surface area (Å²) in [5.41, 5.74) is 1.33. The molecule has 2 aromatic heterocycles. The Bertz CT molecular complexity index is 1350. The first-order valence-electron chi connectivity index (χ1n) is 11.8. The summed E-state index contributed by atoms with van der Waals surface area (Å²) in [6, 6.07) is 17.7. The number of carbonyl (C=O) groups excluding carboxylic acids is 1. The van der Waals surface area contributed by atoms with Crippen LogP contribution in [0.1, 0.15) is 54.8 Å². The van der Waals surface area contributed by atoms with Crippen molar-refractivity contribution < 1.29 is 19.7 Å². The number of amides is 1. The molecule has 0 radical (unpaired) electrons. The first-order chi connectivity index (χ1) is 17.7. The van der Waals surface area contributed by atoms with Gasteiger partial charge >= 0.3 is 0 Å². The number of nitrogens with zero attached hydrogens (tertiary/aromatic N) is 3. The van der Waals surface area contributed by atoms with Crippen LogP contribution in [0, 0.1) is 0 Å². The minimum atomic E-state index is -1.04. The van der Waals surface area contributed by atoms with E-state index < -0.39 is 17.6 Å². The fraction of sp³-hybridized carbons (Fsp3) is 0.259. The van der Waals surface area contributed by atoms with Crippen LogP contribution in [0.15, 0.2) is 66.9 Å². The van der Waals surface area contributed by atoms with Crippen molar-refractivity contribution in [2.75, 3.05) is 11.9 Å². The molecule has 4 rings (SSSR count). The van der Waals surface area contributed by atoms with Crippen LogP contribution in [0.25, 0.3) is 11.1 Å². The number of ether oxygens (including phenoxy) is 1. The highest BCUT2D eigenvalue weighted by Crippen LogP contribution is 2.32. The topological polar surface area (TPSA) is 133 Å². The molecule has 2 aromatic carbocycles. The SMILES string of the molecule is CC(C)(O)CCCOc1ccc(Cl)c(-c2ccnc(NC(=O)c3n[nH]c([C@H](O)c4ccccc4)n3)c2)c1. The Labute approximate surface area is 219 Å². The third kappa shape index (κ3) is 7.13. The van der Waals surface area contributed by atoms with E-state index in [2.05, 4.69) is 25.5 Å². The van der Waals surface area contributed by atoms with E-state index in [4.69, 9.17) is 16.3 Å². The molecule has 0 fully saturated rings. The fourth-order valence-electron chi connectivity index (χ4n) is 3.64. The minimum Gasteiger partial charge on any atom is -0.494 e. The van der Waals surface area contributed by atoms with Gasteiger partial charge in [-0.1, -0.05) is 41.9 Å². The first kappa shape index (κ1) is 26.3. The minimum absolute atomic E-state index is 0.128. The average Bonchev–Trinajstić information content (AvgIpc) is 3.38. The molecule has 37 heavy (non-hydrogen) atoms. The average molecular weight is 522 g/mol. The molecule has 0 bridgehead atoms. The van der Waals surface area contributed by atoms with Crippen molar-refractivity contribution in [2.45, 2.75) is 38.4 Å². The number of anilines is 1. The van der Waals surface area contributed by atoms with Crippen LogP contribution in [-0.4, -0.2) is 48.5 Å². The summed E-state index contributed by atoms with van der Waals surface area (Å²) < 4.78 is 5.83. The Hall–Kier alpha value is -3.79. The molecule has 0 aliphatic rings. The van der Waals surface area contributed by atoms with E-state index in [9.17, 15) is 15.0 Å². The van der Waals surface area contributed by atoms with Crippen molar-refractivity contribution in [3.05, 3.63) is 89.1 Å². The first-order valence-corrected chi connectivity index (χ1v) is 12.2. The standard InChI is InChI=1S/C27H28ClN5O4/c1-27(2,36)12-6-14-37-19-9-10-21(28)20(16-19)18-11-13-29-22(15-18)30-26(35)25-31-24(32-33-25)23(34)17-7-4-3-5-8-17/h3-5,7-11,13,15-16,23,34,36H,6,12,14H2,1-2H3,(H,29,30,35)(H,31,32,33)/t23-/m1/s1. The van der Waals surface area contributed by atoms with Crippen LogP contribution < -0.4 is 10.1 Å². The lowest BCUT2D eigenvalue weighted by atomic mass is 10.0. The van der Waals surface area contributed by atoms with Gasteiger partial charge in [-0.2, -0.15) is 0 Å². The summed E-state index contributed by atoms with van der Waals surface area (Å²) in [5, 5.41) is 30.1. The maximum absolute atomic E-state index is 12.7. The van der Waals surface area contributed by atoms with Crippen molar-refractivity contribution in [3.8, 4) is 16.9 Å². The zero-order valence-corrected chi connectivity index (χ0v) is 21.2.